The summed E-state index contributed by atoms with van der Waals surface area (Å²) >= 11 is 0. The number of amides is 2. The number of rotatable bonds is 3. The number of nitrogens with one attached hydrogen (secondary N) is 2. The number of hydrogen-bond acceptors (Lipinski definition) is 1. The molecule has 0 heterocycles. The predicted octanol–water partition coefficient (Wildman–Crippen LogP) is 2.81. The van der Waals surface area contributed by atoms with Gasteiger partial charge in [0.05, 0.1) is 0 Å². The molecule has 2 fully saturated rings. The summed E-state index contributed by atoms with van der Waals surface area (Å²) in [6.07, 6.45) is 11.5. The summed E-state index contributed by atoms with van der Waals surface area (Å²) in [5.41, 5.74) is 0. The lowest BCUT2D eigenvalue weighted by molar-refractivity contribution is 0.232. The molecule has 0 aromatic carbocycles. The van der Waals surface area contributed by atoms with Crippen LogP contribution in [0.25, 0.3) is 0 Å². The fourth-order valence-corrected chi connectivity index (χ4v) is 2.93. The molecule has 3 heteroatoms. The molecule has 0 aromatic rings. The van der Waals surface area contributed by atoms with Gasteiger partial charge in [0.25, 0.3) is 0 Å². The van der Waals surface area contributed by atoms with Crippen LogP contribution < -0.4 is 10.6 Å². The van der Waals surface area contributed by atoms with Crippen molar-refractivity contribution in [3.63, 3.8) is 0 Å². The molecule has 0 atom stereocenters. The highest BCUT2D eigenvalue weighted by Gasteiger charge is 2.18. The fraction of sp³-hybridized carbons (Fsp3) is 0.923. The van der Waals surface area contributed by atoms with Gasteiger partial charge in [0.2, 0.25) is 0 Å². The molecule has 2 rings (SSSR count). The van der Waals surface area contributed by atoms with Gasteiger partial charge in [0.1, 0.15) is 0 Å². The van der Waals surface area contributed by atoms with Crippen LogP contribution in [0, 0.1) is 5.92 Å². The van der Waals surface area contributed by atoms with Crippen molar-refractivity contribution in [3.8, 4) is 0 Å². The van der Waals surface area contributed by atoms with Crippen molar-refractivity contribution in [1.82, 2.24) is 10.6 Å². The summed E-state index contributed by atoms with van der Waals surface area (Å²) in [6.45, 7) is 0.874. The molecule has 92 valence electrons. The SMILES string of the molecule is O=C(NCC1CCCCC1)NC1CCCC1. The van der Waals surface area contributed by atoms with Crippen molar-refractivity contribution >= 4 is 6.03 Å². The highest BCUT2D eigenvalue weighted by molar-refractivity contribution is 5.74. The predicted molar refractivity (Wildman–Crippen MR) is 65.4 cm³/mol. The van der Waals surface area contributed by atoms with Gasteiger partial charge in [-0.2, -0.15) is 0 Å². The molecule has 0 saturated heterocycles. The minimum Gasteiger partial charge on any atom is -0.338 e. The van der Waals surface area contributed by atoms with Gasteiger partial charge in [-0.25, -0.2) is 4.79 Å². The molecule has 2 aliphatic carbocycles. The van der Waals surface area contributed by atoms with Gasteiger partial charge in [-0.15, -0.1) is 0 Å². The minimum absolute atomic E-state index is 0.0532. The summed E-state index contributed by atoms with van der Waals surface area (Å²) in [5.74, 6) is 0.725. The van der Waals surface area contributed by atoms with Gasteiger partial charge in [0, 0.05) is 12.6 Å². The summed E-state index contributed by atoms with van der Waals surface area (Å²) in [4.78, 5) is 11.6. The zero-order chi connectivity index (χ0) is 11.2. The topological polar surface area (TPSA) is 41.1 Å². The smallest absolute Gasteiger partial charge is 0.315 e. The van der Waals surface area contributed by atoms with Gasteiger partial charge < -0.3 is 10.6 Å². The molecule has 0 aliphatic heterocycles. The van der Waals surface area contributed by atoms with E-state index in [1.165, 1.54) is 44.9 Å². The summed E-state index contributed by atoms with van der Waals surface area (Å²) in [7, 11) is 0. The van der Waals surface area contributed by atoms with Gasteiger partial charge in [0.15, 0.2) is 0 Å². The molecule has 0 spiro atoms. The largest absolute Gasteiger partial charge is 0.338 e. The Morgan fingerprint density at radius 1 is 0.938 bits per heavy atom. The second kappa shape index (κ2) is 6.12. The maximum absolute atomic E-state index is 11.6. The molecule has 0 aromatic heterocycles. The van der Waals surface area contributed by atoms with Crippen LogP contribution in [0.2, 0.25) is 0 Å². The number of urea groups is 1. The minimum atomic E-state index is 0.0532. The van der Waals surface area contributed by atoms with E-state index in [2.05, 4.69) is 10.6 Å². The first-order chi connectivity index (χ1) is 7.84. The van der Waals surface area contributed by atoms with Crippen molar-refractivity contribution in [2.24, 2.45) is 5.92 Å². The first-order valence-corrected chi connectivity index (χ1v) is 6.89. The Balaban J connectivity index is 1.59. The maximum Gasteiger partial charge on any atom is 0.315 e. The lowest BCUT2D eigenvalue weighted by Crippen LogP contribution is -2.42. The molecule has 16 heavy (non-hydrogen) atoms. The maximum atomic E-state index is 11.6. The normalized spacial score (nSPS) is 23.2. The zero-order valence-corrected chi connectivity index (χ0v) is 10.1. The Morgan fingerprint density at radius 3 is 2.25 bits per heavy atom. The van der Waals surface area contributed by atoms with E-state index in [1.54, 1.807) is 0 Å². The average Bonchev–Trinajstić information content (AvgIpc) is 2.81. The first-order valence-electron chi connectivity index (χ1n) is 6.89. The average molecular weight is 224 g/mol. The second-order valence-corrected chi connectivity index (χ2v) is 5.34. The van der Waals surface area contributed by atoms with E-state index in [-0.39, 0.29) is 6.03 Å². The van der Waals surface area contributed by atoms with Crippen molar-refractivity contribution in [2.75, 3.05) is 6.54 Å². The van der Waals surface area contributed by atoms with Crippen LogP contribution >= 0.6 is 0 Å². The van der Waals surface area contributed by atoms with Crippen molar-refractivity contribution in [2.45, 2.75) is 63.8 Å². The van der Waals surface area contributed by atoms with E-state index in [1.807, 2.05) is 0 Å². The Labute approximate surface area is 98.4 Å². The quantitative estimate of drug-likeness (QED) is 0.760. The molecule has 0 radical (unpaired) electrons. The van der Waals surface area contributed by atoms with Crippen LogP contribution in [-0.2, 0) is 0 Å². The summed E-state index contributed by atoms with van der Waals surface area (Å²) in [6, 6.07) is 0.490. The monoisotopic (exact) mass is 224 g/mol. The van der Waals surface area contributed by atoms with Crippen molar-refractivity contribution in [1.29, 1.82) is 0 Å². The third-order valence-corrected chi connectivity index (χ3v) is 3.97. The molecule has 0 unspecified atom stereocenters. The number of carbonyl (C=O) groups is 1. The molecular formula is C13H24N2O. The van der Waals surface area contributed by atoms with Crippen LogP contribution in [0.5, 0.6) is 0 Å². The van der Waals surface area contributed by atoms with Crippen LogP contribution in [0.15, 0.2) is 0 Å². The third kappa shape index (κ3) is 3.69. The molecule has 2 aliphatic rings. The van der Waals surface area contributed by atoms with Crippen LogP contribution in [0.4, 0.5) is 4.79 Å². The van der Waals surface area contributed by atoms with E-state index < -0.39 is 0 Å². The van der Waals surface area contributed by atoms with E-state index in [4.69, 9.17) is 0 Å². The van der Waals surface area contributed by atoms with Gasteiger partial charge in [-0.05, 0) is 31.6 Å². The molecule has 0 bridgehead atoms. The fourth-order valence-electron chi connectivity index (χ4n) is 2.93. The van der Waals surface area contributed by atoms with Gasteiger partial charge >= 0.3 is 6.03 Å². The Morgan fingerprint density at radius 2 is 1.56 bits per heavy atom. The van der Waals surface area contributed by atoms with Crippen molar-refractivity contribution in [3.05, 3.63) is 0 Å². The zero-order valence-electron chi connectivity index (χ0n) is 10.1. The van der Waals surface area contributed by atoms with Crippen LogP contribution in [0.1, 0.15) is 57.8 Å². The molecule has 3 nitrogen and oxygen atoms in total. The number of hydrogen-bond donors (Lipinski definition) is 2. The summed E-state index contributed by atoms with van der Waals surface area (Å²) in [5, 5.41) is 6.10. The molecule has 2 amide bonds. The van der Waals surface area contributed by atoms with E-state index >= 15 is 0 Å². The highest BCUT2D eigenvalue weighted by Crippen LogP contribution is 2.22. The summed E-state index contributed by atoms with van der Waals surface area (Å²) < 4.78 is 0. The third-order valence-electron chi connectivity index (χ3n) is 3.97. The Bertz CT molecular complexity index is 218. The van der Waals surface area contributed by atoms with E-state index in [0.717, 1.165) is 25.3 Å². The molecule has 2 saturated carbocycles. The van der Waals surface area contributed by atoms with Crippen LogP contribution in [-0.4, -0.2) is 18.6 Å². The number of carbonyl (C=O) groups excluding carboxylic acids is 1. The Hall–Kier alpha value is -0.730. The standard InChI is InChI=1S/C13H24N2O/c16-13(15-12-8-4-5-9-12)14-10-11-6-2-1-3-7-11/h11-12H,1-10H2,(H2,14,15,16). The Kier molecular flexibility index (Phi) is 4.49. The van der Waals surface area contributed by atoms with E-state index in [0.29, 0.717) is 6.04 Å². The molecular weight excluding hydrogens is 200 g/mol. The van der Waals surface area contributed by atoms with Gasteiger partial charge in [-0.1, -0.05) is 32.1 Å². The second-order valence-electron chi connectivity index (χ2n) is 5.34. The van der Waals surface area contributed by atoms with Gasteiger partial charge in [-0.3, -0.25) is 0 Å². The lowest BCUT2D eigenvalue weighted by Gasteiger charge is -2.22. The van der Waals surface area contributed by atoms with Crippen LogP contribution in [0.3, 0.4) is 0 Å². The first kappa shape index (κ1) is 11.7. The highest BCUT2D eigenvalue weighted by atomic mass is 16.2. The van der Waals surface area contributed by atoms with E-state index in [9.17, 15) is 4.79 Å². The lowest BCUT2D eigenvalue weighted by atomic mass is 9.89. The molecule has 2 N–H and O–H groups in total. The van der Waals surface area contributed by atoms with Crippen molar-refractivity contribution < 1.29 is 4.79 Å².